The first-order chi connectivity index (χ1) is 10.6. The molecule has 22 heavy (non-hydrogen) atoms. The van der Waals surface area contributed by atoms with Gasteiger partial charge in [-0.3, -0.25) is 14.9 Å². The molecule has 0 aromatic heterocycles. The van der Waals surface area contributed by atoms with E-state index < -0.39 is 0 Å². The van der Waals surface area contributed by atoms with Gasteiger partial charge in [0.1, 0.15) is 6.04 Å². The summed E-state index contributed by atoms with van der Waals surface area (Å²) in [5.41, 5.74) is 1.80. The largest absolute Gasteiger partial charge is 0.374 e. The number of nitrogens with one attached hydrogen (secondary N) is 3. The van der Waals surface area contributed by atoms with Crippen LogP contribution in [-0.2, 0) is 9.59 Å². The van der Waals surface area contributed by atoms with Gasteiger partial charge < -0.3 is 15.5 Å². The Morgan fingerprint density at radius 3 is 2.68 bits per heavy atom. The molecule has 2 heterocycles. The van der Waals surface area contributed by atoms with E-state index in [4.69, 9.17) is 11.6 Å². The molecule has 1 aromatic rings. The SMILES string of the molecule is O=C1CCC(Nc2ccc(N3CCNCC3)c(Cl)c2)C(=O)N1. The van der Waals surface area contributed by atoms with Crippen molar-refractivity contribution in [2.45, 2.75) is 18.9 Å². The first kappa shape index (κ1) is 15.1. The van der Waals surface area contributed by atoms with E-state index in [1.165, 1.54) is 0 Å². The minimum absolute atomic E-state index is 0.213. The van der Waals surface area contributed by atoms with Crippen LogP contribution in [0.5, 0.6) is 0 Å². The Morgan fingerprint density at radius 1 is 1.23 bits per heavy atom. The zero-order valence-electron chi connectivity index (χ0n) is 12.2. The fourth-order valence-electron chi connectivity index (χ4n) is 2.79. The highest BCUT2D eigenvalue weighted by atomic mass is 35.5. The van der Waals surface area contributed by atoms with Gasteiger partial charge in [-0.2, -0.15) is 0 Å². The zero-order chi connectivity index (χ0) is 15.5. The molecule has 0 bridgehead atoms. The molecule has 7 heteroatoms. The lowest BCUT2D eigenvalue weighted by Crippen LogP contribution is -2.47. The second-order valence-corrected chi connectivity index (χ2v) is 5.96. The van der Waals surface area contributed by atoms with Crippen LogP contribution in [0.25, 0.3) is 0 Å². The van der Waals surface area contributed by atoms with Crippen molar-refractivity contribution in [3.63, 3.8) is 0 Å². The lowest BCUT2D eigenvalue weighted by Gasteiger charge is -2.30. The van der Waals surface area contributed by atoms with Crippen molar-refractivity contribution in [2.24, 2.45) is 0 Å². The highest BCUT2D eigenvalue weighted by Crippen LogP contribution is 2.29. The topological polar surface area (TPSA) is 73.5 Å². The Labute approximate surface area is 134 Å². The number of hydrogen-bond acceptors (Lipinski definition) is 5. The number of carbonyl (C=O) groups is 2. The first-order valence-corrected chi connectivity index (χ1v) is 7.87. The van der Waals surface area contributed by atoms with E-state index in [1.807, 2.05) is 18.2 Å². The third-order valence-corrected chi connectivity index (χ3v) is 4.29. The van der Waals surface area contributed by atoms with Gasteiger partial charge in [-0.05, 0) is 24.6 Å². The summed E-state index contributed by atoms with van der Waals surface area (Å²) in [5, 5.41) is 9.46. The maximum atomic E-state index is 11.8. The quantitative estimate of drug-likeness (QED) is 0.723. The van der Waals surface area contributed by atoms with Gasteiger partial charge in [0.05, 0.1) is 10.7 Å². The van der Waals surface area contributed by atoms with Crippen LogP contribution >= 0.6 is 11.6 Å². The number of amides is 2. The van der Waals surface area contributed by atoms with Crippen LogP contribution in [0.15, 0.2) is 18.2 Å². The number of nitrogens with zero attached hydrogens (tertiary/aromatic N) is 1. The van der Waals surface area contributed by atoms with Gasteiger partial charge >= 0.3 is 0 Å². The molecule has 2 saturated heterocycles. The van der Waals surface area contributed by atoms with Gasteiger partial charge in [0.25, 0.3) is 0 Å². The van der Waals surface area contributed by atoms with Crippen LogP contribution in [0.4, 0.5) is 11.4 Å². The molecule has 3 N–H and O–H groups in total. The number of halogens is 1. The number of hydrogen-bond donors (Lipinski definition) is 3. The Balaban J connectivity index is 1.69. The first-order valence-electron chi connectivity index (χ1n) is 7.49. The lowest BCUT2D eigenvalue weighted by atomic mass is 10.1. The van der Waals surface area contributed by atoms with E-state index in [0.29, 0.717) is 17.9 Å². The highest BCUT2D eigenvalue weighted by molar-refractivity contribution is 6.33. The molecule has 3 rings (SSSR count). The minimum Gasteiger partial charge on any atom is -0.374 e. The predicted molar refractivity (Wildman–Crippen MR) is 86.3 cm³/mol. The number of anilines is 2. The standard InChI is InChI=1S/C15H19ClN4O2/c16-11-9-10(18-12-2-4-14(21)19-15(12)22)1-3-13(11)20-7-5-17-6-8-20/h1,3,9,12,17-18H,2,4-8H2,(H,19,21,22). The summed E-state index contributed by atoms with van der Waals surface area (Å²) in [6.45, 7) is 3.76. The second kappa shape index (κ2) is 6.54. The average Bonchev–Trinajstić information content (AvgIpc) is 2.51. The minimum atomic E-state index is -0.390. The molecule has 2 amide bonds. The van der Waals surface area contributed by atoms with Crippen LogP contribution in [0, 0.1) is 0 Å². The van der Waals surface area contributed by atoms with E-state index in [-0.39, 0.29) is 17.9 Å². The highest BCUT2D eigenvalue weighted by Gasteiger charge is 2.26. The molecular formula is C15H19ClN4O2. The smallest absolute Gasteiger partial charge is 0.249 e. The molecule has 2 fully saturated rings. The molecule has 0 radical (unpaired) electrons. The lowest BCUT2D eigenvalue weighted by molar-refractivity contribution is -0.133. The Bertz CT molecular complexity index is 587. The van der Waals surface area contributed by atoms with Crippen LogP contribution < -0.4 is 20.9 Å². The van der Waals surface area contributed by atoms with Crippen molar-refractivity contribution in [3.05, 3.63) is 23.2 Å². The molecule has 2 aliphatic rings. The summed E-state index contributed by atoms with van der Waals surface area (Å²) in [4.78, 5) is 25.2. The van der Waals surface area contributed by atoms with Gasteiger partial charge in [-0.1, -0.05) is 11.6 Å². The Morgan fingerprint density at radius 2 is 2.00 bits per heavy atom. The van der Waals surface area contributed by atoms with Gasteiger partial charge in [0.15, 0.2) is 0 Å². The van der Waals surface area contributed by atoms with E-state index in [2.05, 4.69) is 20.9 Å². The summed E-state index contributed by atoms with van der Waals surface area (Å²) < 4.78 is 0. The predicted octanol–water partition coefficient (Wildman–Crippen LogP) is 0.967. The average molecular weight is 323 g/mol. The number of carbonyl (C=O) groups excluding carboxylic acids is 2. The number of piperidine rings is 1. The molecular weight excluding hydrogens is 304 g/mol. The van der Waals surface area contributed by atoms with E-state index in [9.17, 15) is 9.59 Å². The summed E-state index contributed by atoms with van der Waals surface area (Å²) in [7, 11) is 0. The molecule has 1 unspecified atom stereocenters. The van der Waals surface area contributed by atoms with Crippen molar-refractivity contribution in [3.8, 4) is 0 Å². The van der Waals surface area contributed by atoms with Crippen molar-refractivity contribution >= 4 is 34.8 Å². The second-order valence-electron chi connectivity index (χ2n) is 5.55. The maximum Gasteiger partial charge on any atom is 0.249 e. The molecule has 0 spiro atoms. The van der Waals surface area contributed by atoms with Gasteiger partial charge in [-0.25, -0.2) is 0 Å². The van der Waals surface area contributed by atoms with Crippen molar-refractivity contribution in [1.29, 1.82) is 0 Å². The van der Waals surface area contributed by atoms with Crippen LogP contribution in [-0.4, -0.2) is 44.0 Å². The third kappa shape index (κ3) is 3.34. The molecule has 1 atom stereocenters. The fourth-order valence-corrected chi connectivity index (χ4v) is 3.09. The molecule has 0 aliphatic carbocycles. The zero-order valence-corrected chi connectivity index (χ0v) is 12.9. The van der Waals surface area contributed by atoms with Crippen molar-refractivity contribution in [2.75, 3.05) is 36.4 Å². The third-order valence-electron chi connectivity index (χ3n) is 3.99. The van der Waals surface area contributed by atoms with Crippen molar-refractivity contribution in [1.82, 2.24) is 10.6 Å². The maximum absolute atomic E-state index is 11.8. The Kier molecular flexibility index (Phi) is 4.49. The molecule has 0 saturated carbocycles. The van der Waals surface area contributed by atoms with Crippen LogP contribution in [0.3, 0.4) is 0 Å². The Hall–Kier alpha value is -1.79. The van der Waals surface area contributed by atoms with Crippen LogP contribution in [0.2, 0.25) is 5.02 Å². The number of imide groups is 1. The normalized spacial score (nSPS) is 22.4. The summed E-state index contributed by atoms with van der Waals surface area (Å²) in [6.07, 6.45) is 0.859. The van der Waals surface area contributed by atoms with E-state index >= 15 is 0 Å². The molecule has 6 nitrogen and oxygen atoms in total. The summed E-state index contributed by atoms with van der Waals surface area (Å²) in [6, 6.07) is 5.34. The van der Waals surface area contributed by atoms with Crippen molar-refractivity contribution < 1.29 is 9.59 Å². The molecule has 2 aliphatic heterocycles. The van der Waals surface area contributed by atoms with Gasteiger partial charge in [0.2, 0.25) is 11.8 Å². The van der Waals surface area contributed by atoms with Gasteiger partial charge in [-0.15, -0.1) is 0 Å². The number of benzene rings is 1. The van der Waals surface area contributed by atoms with Gasteiger partial charge in [0, 0.05) is 38.3 Å². The molecule has 118 valence electrons. The van der Waals surface area contributed by atoms with E-state index in [0.717, 1.165) is 37.6 Å². The van der Waals surface area contributed by atoms with E-state index in [1.54, 1.807) is 0 Å². The number of piperazine rings is 1. The monoisotopic (exact) mass is 322 g/mol. The number of rotatable bonds is 3. The van der Waals surface area contributed by atoms with Crippen LogP contribution in [0.1, 0.15) is 12.8 Å². The summed E-state index contributed by atoms with van der Waals surface area (Å²) in [5.74, 6) is -0.492. The molecule has 1 aromatic carbocycles. The summed E-state index contributed by atoms with van der Waals surface area (Å²) >= 11 is 6.38. The fraction of sp³-hybridized carbons (Fsp3) is 0.467.